The van der Waals surface area contributed by atoms with Crippen LogP contribution in [-0.4, -0.2) is 41.5 Å². The number of methoxy groups -OCH3 is 5. The zero-order valence-corrected chi connectivity index (χ0v) is 17.2. The predicted octanol–water partition coefficient (Wildman–Crippen LogP) is 3.55. The van der Waals surface area contributed by atoms with Crippen LogP contribution in [0.4, 0.5) is 0 Å². The standard InChI is InChI=1S/C18H19IO7/c1-21-12-7-6-10(8-13(12)22-2)26-18(20)11-9-14(23-3)16(24-4)17(25-5)15(11)19/h6-9H,1-5H3. The Hall–Kier alpha value is -2.36. The van der Waals surface area contributed by atoms with Crippen molar-refractivity contribution < 1.29 is 33.2 Å². The van der Waals surface area contributed by atoms with Crippen LogP contribution in [0.2, 0.25) is 0 Å². The molecule has 140 valence electrons. The van der Waals surface area contributed by atoms with Crippen molar-refractivity contribution in [2.45, 2.75) is 0 Å². The summed E-state index contributed by atoms with van der Waals surface area (Å²) in [6.07, 6.45) is 0. The van der Waals surface area contributed by atoms with Gasteiger partial charge in [0.15, 0.2) is 23.0 Å². The van der Waals surface area contributed by atoms with E-state index < -0.39 is 5.97 Å². The summed E-state index contributed by atoms with van der Waals surface area (Å²) >= 11 is 2.00. The lowest BCUT2D eigenvalue weighted by Crippen LogP contribution is -2.12. The summed E-state index contributed by atoms with van der Waals surface area (Å²) in [6, 6.07) is 6.39. The van der Waals surface area contributed by atoms with E-state index >= 15 is 0 Å². The normalized spacial score (nSPS) is 10.1. The number of carbonyl (C=O) groups is 1. The lowest BCUT2D eigenvalue weighted by Gasteiger charge is -2.16. The van der Waals surface area contributed by atoms with Crippen molar-refractivity contribution in [1.82, 2.24) is 0 Å². The molecule has 0 amide bonds. The van der Waals surface area contributed by atoms with Gasteiger partial charge in [-0.05, 0) is 40.8 Å². The monoisotopic (exact) mass is 474 g/mol. The van der Waals surface area contributed by atoms with Crippen molar-refractivity contribution >= 4 is 28.6 Å². The molecule has 0 atom stereocenters. The lowest BCUT2D eigenvalue weighted by atomic mass is 10.2. The van der Waals surface area contributed by atoms with Gasteiger partial charge < -0.3 is 28.4 Å². The molecule has 0 N–H and O–H groups in total. The zero-order chi connectivity index (χ0) is 19.3. The molecule has 0 aromatic heterocycles. The number of ether oxygens (including phenoxy) is 6. The van der Waals surface area contributed by atoms with Crippen LogP contribution in [-0.2, 0) is 0 Å². The molecule has 0 aliphatic heterocycles. The van der Waals surface area contributed by atoms with E-state index in [4.69, 9.17) is 28.4 Å². The van der Waals surface area contributed by atoms with E-state index in [2.05, 4.69) is 0 Å². The number of hydrogen-bond acceptors (Lipinski definition) is 7. The molecular weight excluding hydrogens is 455 g/mol. The third-order valence-electron chi connectivity index (χ3n) is 3.55. The van der Waals surface area contributed by atoms with Gasteiger partial charge in [0.2, 0.25) is 5.75 Å². The van der Waals surface area contributed by atoms with Crippen molar-refractivity contribution in [1.29, 1.82) is 0 Å². The second kappa shape index (κ2) is 8.84. The molecule has 0 radical (unpaired) electrons. The molecule has 0 fully saturated rings. The molecule has 2 aromatic carbocycles. The molecular formula is C18H19IO7. The average molecular weight is 474 g/mol. The number of esters is 1. The molecule has 0 unspecified atom stereocenters. The van der Waals surface area contributed by atoms with Gasteiger partial charge in [0.05, 0.1) is 44.7 Å². The van der Waals surface area contributed by atoms with Crippen molar-refractivity contribution in [3.63, 3.8) is 0 Å². The second-order valence-corrected chi connectivity index (χ2v) is 5.99. The van der Waals surface area contributed by atoms with Gasteiger partial charge in [-0.15, -0.1) is 0 Å². The predicted molar refractivity (Wildman–Crippen MR) is 103 cm³/mol. The average Bonchev–Trinajstić information content (AvgIpc) is 2.66. The molecule has 0 aliphatic rings. The van der Waals surface area contributed by atoms with Crippen LogP contribution in [0.15, 0.2) is 24.3 Å². The van der Waals surface area contributed by atoms with Crippen molar-refractivity contribution in [3.05, 3.63) is 33.4 Å². The minimum Gasteiger partial charge on any atom is -0.493 e. The maximum absolute atomic E-state index is 12.7. The number of rotatable bonds is 7. The van der Waals surface area contributed by atoms with Crippen molar-refractivity contribution in [3.8, 4) is 34.5 Å². The van der Waals surface area contributed by atoms with Gasteiger partial charge >= 0.3 is 5.97 Å². The van der Waals surface area contributed by atoms with Crippen LogP contribution in [0.1, 0.15) is 10.4 Å². The molecule has 0 bridgehead atoms. The summed E-state index contributed by atoms with van der Waals surface area (Å²) < 4.78 is 32.4. The highest BCUT2D eigenvalue weighted by molar-refractivity contribution is 14.1. The SMILES string of the molecule is COc1ccc(OC(=O)c2cc(OC)c(OC)c(OC)c2I)cc1OC. The van der Waals surface area contributed by atoms with E-state index in [9.17, 15) is 4.79 Å². The van der Waals surface area contributed by atoms with Crippen molar-refractivity contribution in [2.75, 3.05) is 35.5 Å². The van der Waals surface area contributed by atoms with Gasteiger partial charge in [-0.2, -0.15) is 0 Å². The number of carbonyl (C=O) groups excluding carboxylic acids is 1. The van der Waals surface area contributed by atoms with Crippen LogP contribution in [0.25, 0.3) is 0 Å². The summed E-state index contributed by atoms with van der Waals surface area (Å²) in [5, 5.41) is 0. The lowest BCUT2D eigenvalue weighted by molar-refractivity contribution is 0.0732. The number of halogens is 1. The van der Waals surface area contributed by atoms with Crippen LogP contribution in [0.3, 0.4) is 0 Å². The largest absolute Gasteiger partial charge is 0.493 e. The highest BCUT2D eigenvalue weighted by Gasteiger charge is 2.24. The number of hydrogen-bond donors (Lipinski definition) is 0. The molecule has 26 heavy (non-hydrogen) atoms. The van der Waals surface area contributed by atoms with E-state index in [-0.39, 0.29) is 5.56 Å². The molecule has 0 spiro atoms. The zero-order valence-electron chi connectivity index (χ0n) is 15.0. The topological polar surface area (TPSA) is 72.5 Å². The van der Waals surface area contributed by atoms with E-state index in [1.165, 1.54) is 35.5 Å². The fourth-order valence-electron chi connectivity index (χ4n) is 2.31. The van der Waals surface area contributed by atoms with Gasteiger partial charge in [-0.1, -0.05) is 0 Å². The molecule has 2 aromatic rings. The second-order valence-electron chi connectivity index (χ2n) is 4.91. The fraction of sp³-hybridized carbons (Fsp3) is 0.278. The minimum atomic E-state index is -0.569. The van der Waals surface area contributed by atoms with Gasteiger partial charge in [-0.3, -0.25) is 0 Å². The van der Waals surface area contributed by atoms with Crippen LogP contribution < -0.4 is 28.4 Å². The summed E-state index contributed by atoms with van der Waals surface area (Å²) in [4.78, 5) is 12.7. The molecule has 0 heterocycles. The van der Waals surface area contributed by atoms with Crippen molar-refractivity contribution in [2.24, 2.45) is 0 Å². The maximum atomic E-state index is 12.7. The van der Waals surface area contributed by atoms with Crippen LogP contribution in [0, 0.1) is 3.57 Å². The summed E-state index contributed by atoms with van der Waals surface area (Å²) in [5.74, 6) is 1.91. The number of benzene rings is 2. The Morgan fingerprint density at radius 1 is 0.769 bits per heavy atom. The third kappa shape index (κ3) is 3.90. The Balaban J connectivity index is 2.41. The minimum absolute atomic E-state index is 0.287. The summed E-state index contributed by atoms with van der Waals surface area (Å²) in [6.45, 7) is 0. The Morgan fingerprint density at radius 2 is 1.38 bits per heavy atom. The first-order valence-electron chi connectivity index (χ1n) is 7.43. The molecule has 0 saturated carbocycles. The third-order valence-corrected chi connectivity index (χ3v) is 4.63. The molecule has 2 rings (SSSR count). The maximum Gasteiger partial charge on any atom is 0.344 e. The Labute approximate surface area is 165 Å². The first kappa shape index (κ1) is 20.0. The van der Waals surface area contributed by atoms with E-state index in [0.29, 0.717) is 38.1 Å². The van der Waals surface area contributed by atoms with Gasteiger partial charge in [0.25, 0.3) is 0 Å². The van der Waals surface area contributed by atoms with Gasteiger partial charge in [0, 0.05) is 6.07 Å². The Bertz CT molecular complexity index is 805. The van der Waals surface area contributed by atoms with Crippen LogP contribution >= 0.6 is 22.6 Å². The highest BCUT2D eigenvalue weighted by atomic mass is 127. The quantitative estimate of drug-likeness (QED) is 0.345. The first-order chi connectivity index (χ1) is 12.5. The fourth-order valence-corrected chi connectivity index (χ4v) is 3.15. The Morgan fingerprint density at radius 3 is 1.92 bits per heavy atom. The van der Waals surface area contributed by atoms with Crippen LogP contribution in [0.5, 0.6) is 34.5 Å². The van der Waals surface area contributed by atoms with E-state index in [1.54, 1.807) is 24.3 Å². The highest BCUT2D eigenvalue weighted by Crippen LogP contribution is 2.43. The molecule has 0 saturated heterocycles. The molecule has 0 aliphatic carbocycles. The Kier molecular flexibility index (Phi) is 6.78. The smallest absolute Gasteiger partial charge is 0.344 e. The van der Waals surface area contributed by atoms with E-state index in [1.807, 2.05) is 22.6 Å². The molecule has 8 heteroatoms. The van der Waals surface area contributed by atoms with E-state index in [0.717, 1.165) is 0 Å². The van der Waals surface area contributed by atoms with Gasteiger partial charge in [0.1, 0.15) is 5.75 Å². The van der Waals surface area contributed by atoms with Gasteiger partial charge in [-0.25, -0.2) is 4.79 Å². The first-order valence-corrected chi connectivity index (χ1v) is 8.51. The summed E-state index contributed by atoms with van der Waals surface area (Å²) in [5.41, 5.74) is 0.287. The molecule has 7 nitrogen and oxygen atoms in total. The summed E-state index contributed by atoms with van der Waals surface area (Å²) in [7, 11) is 7.50.